The smallest absolute Gasteiger partial charge is 0.355 e. The number of ether oxygens (including phenoxy) is 2. The first kappa shape index (κ1) is 21.0. The van der Waals surface area contributed by atoms with Crippen molar-refractivity contribution in [3.05, 3.63) is 54.3 Å². The van der Waals surface area contributed by atoms with E-state index in [1.54, 1.807) is 51.1 Å². The fourth-order valence-corrected chi connectivity index (χ4v) is 4.34. The van der Waals surface area contributed by atoms with Crippen molar-refractivity contribution < 1.29 is 23.9 Å². The van der Waals surface area contributed by atoms with Crippen molar-refractivity contribution in [2.24, 2.45) is 0 Å². The molecule has 7 nitrogen and oxygen atoms in total. The second-order valence-electron chi connectivity index (χ2n) is 7.64. The molecule has 0 spiro atoms. The Morgan fingerprint density at radius 1 is 1.31 bits per heavy atom. The Bertz CT molecular complexity index is 860. The third-order valence-corrected chi connectivity index (χ3v) is 5.57. The standard InChI is InChI=1S/C21H24N2O5S/c1-5-13-12-29-19-16(22-15(24)11-27-14-9-7-6-8-10-14)18(25)23(19)17(13)20(26)28-21(2,3)4/h5-10,16,19H,1,11-12H2,2-4H3,(H,22,24)/t16-,19-/m1/s1. The van der Waals surface area contributed by atoms with Gasteiger partial charge in [0.05, 0.1) is 0 Å². The minimum absolute atomic E-state index is 0.197. The van der Waals surface area contributed by atoms with Crippen LogP contribution in [0.4, 0.5) is 0 Å². The lowest BCUT2D eigenvalue weighted by molar-refractivity contribution is -0.159. The first-order chi connectivity index (χ1) is 13.7. The SMILES string of the molecule is C=CC1=C(C(=O)OC(C)(C)C)N2C(=O)[C@@H](NC(=O)COc3ccccc3)[C@H]2SC1. The number of para-hydroxylation sites is 1. The topological polar surface area (TPSA) is 84.9 Å². The van der Waals surface area contributed by atoms with Gasteiger partial charge >= 0.3 is 5.97 Å². The van der Waals surface area contributed by atoms with Crippen molar-refractivity contribution in [2.75, 3.05) is 12.4 Å². The normalized spacial score (nSPS) is 21.1. The molecule has 1 fully saturated rings. The maximum atomic E-state index is 12.7. The monoisotopic (exact) mass is 416 g/mol. The third-order valence-electron chi connectivity index (χ3n) is 4.27. The van der Waals surface area contributed by atoms with Crippen LogP contribution < -0.4 is 10.1 Å². The summed E-state index contributed by atoms with van der Waals surface area (Å²) in [7, 11) is 0. The number of thioether (sulfide) groups is 1. The third kappa shape index (κ3) is 4.64. The van der Waals surface area contributed by atoms with E-state index in [9.17, 15) is 14.4 Å². The molecule has 0 unspecified atom stereocenters. The number of nitrogens with zero attached hydrogens (tertiary/aromatic N) is 1. The summed E-state index contributed by atoms with van der Waals surface area (Å²) in [6, 6.07) is 8.24. The van der Waals surface area contributed by atoms with Gasteiger partial charge in [-0.2, -0.15) is 0 Å². The molecule has 2 aliphatic heterocycles. The van der Waals surface area contributed by atoms with E-state index in [-0.39, 0.29) is 23.6 Å². The number of hydrogen-bond donors (Lipinski definition) is 1. The minimum atomic E-state index is -0.712. The molecule has 0 radical (unpaired) electrons. The lowest BCUT2D eigenvalue weighted by Crippen LogP contribution is -2.71. The van der Waals surface area contributed by atoms with Crippen LogP contribution in [0, 0.1) is 0 Å². The molecule has 0 aliphatic carbocycles. The van der Waals surface area contributed by atoms with Crippen molar-refractivity contribution in [1.29, 1.82) is 0 Å². The summed E-state index contributed by atoms with van der Waals surface area (Å²) >= 11 is 1.47. The summed E-state index contributed by atoms with van der Waals surface area (Å²) in [6.45, 7) is 8.84. The highest BCUT2D eigenvalue weighted by Gasteiger charge is 2.54. The molecule has 0 aromatic heterocycles. The average Bonchev–Trinajstić information content (AvgIpc) is 2.68. The van der Waals surface area contributed by atoms with Crippen LogP contribution in [-0.4, -0.2) is 52.1 Å². The molecule has 3 rings (SSSR count). The average molecular weight is 416 g/mol. The molecule has 1 saturated heterocycles. The van der Waals surface area contributed by atoms with Crippen LogP contribution in [0.3, 0.4) is 0 Å². The van der Waals surface area contributed by atoms with Crippen molar-refractivity contribution in [3.63, 3.8) is 0 Å². The zero-order chi connectivity index (χ0) is 21.2. The van der Waals surface area contributed by atoms with E-state index in [1.807, 2.05) is 6.07 Å². The van der Waals surface area contributed by atoms with Gasteiger partial charge in [-0.05, 0) is 38.5 Å². The maximum absolute atomic E-state index is 12.7. The van der Waals surface area contributed by atoms with Crippen molar-refractivity contribution in [1.82, 2.24) is 10.2 Å². The molecule has 8 heteroatoms. The predicted octanol–water partition coefficient (Wildman–Crippen LogP) is 2.25. The molecule has 1 aromatic rings. The molecule has 1 N–H and O–H groups in total. The van der Waals surface area contributed by atoms with E-state index in [0.717, 1.165) is 0 Å². The second kappa shape index (κ2) is 8.32. The summed E-state index contributed by atoms with van der Waals surface area (Å²) in [4.78, 5) is 39.0. The molecule has 0 saturated carbocycles. The van der Waals surface area contributed by atoms with E-state index >= 15 is 0 Å². The van der Waals surface area contributed by atoms with Gasteiger partial charge in [0.2, 0.25) is 0 Å². The number of hydrogen-bond acceptors (Lipinski definition) is 6. The van der Waals surface area contributed by atoms with Gasteiger partial charge in [-0.3, -0.25) is 14.5 Å². The van der Waals surface area contributed by atoms with Crippen LogP contribution >= 0.6 is 11.8 Å². The number of β-lactam (4-membered cyclic amide) rings is 1. The van der Waals surface area contributed by atoms with Gasteiger partial charge in [0.15, 0.2) is 6.61 Å². The van der Waals surface area contributed by atoms with Crippen molar-refractivity contribution >= 4 is 29.5 Å². The summed E-state index contributed by atoms with van der Waals surface area (Å²) in [5, 5.41) is 2.33. The van der Waals surface area contributed by atoms with Crippen molar-refractivity contribution in [2.45, 2.75) is 37.8 Å². The molecule has 154 valence electrons. The van der Waals surface area contributed by atoms with Gasteiger partial charge in [-0.25, -0.2) is 4.79 Å². The number of amides is 2. The Hall–Kier alpha value is -2.74. The van der Waals surface area contributed by atoms with Gasteiger partial charge in [0.1, 0.15) is 28.5 Å². The van der Waals surface area contributed by atoms with Gasteiger partial charge in [-0.1, -0.05) is 30.9 Å². The summed E-state index contributed by atoms with van der Waals surface area (Å²) in [5.41, 5.74) is 0.160. The molecule has 0 bridgehead atoms. The molecular weight excluding hydrogens is 392 g/mol. The molecule has 2 atom stereocenters. The number of carbonyl (C=O) groups excluding carboxylic acids is 3. The number of allylic oxidation sites excluding steroid dienone is 1. The molecule has 2 amide bonds. The number of rotatable bonds is 6. The van der Waals surface area contributed by atoms with Gasteiger partial charge < -0.3 is 14.8 Å². The number of benzene rings is 1. The first-order valence-electron chi connectivity index (χ1n) is 9.22. The van der Waals surface area contributed by atoms with E-state index in [4.69, 9.17) is 9.47 Å². The van der Waals surface area contributed by atoms with E-state index in [0.29, 0.717) is 17.1 Å². The Kier molecular flexibility index (Phi) is 6.02. The molecule has 29 heavy (non-hydrogen) atoms. The highest BCUT2D eigenvalue weighted by molar-refractivity contribution is 8.00. The van der Waals surface area contributed by atoms with Gasteiger partial charge in [0, 0.05) is 5.75 Å². The maximum Gasteiger partial charge on any atom is 0.355 e. The van der Waals surface area contributed by atoms with Crippen LogP contribution in [0.1, 0.15) is 20.8 Å². The number of esters is 1. The van der Waals surface area contributed by atoms with Crippen LogP contribution in [-0.2, 0) is 19.1 Å². The van der Waals surface area contributed by atoms with E-state index < -0.39 is 23.5 Å². The van der Waals surface area contributed by atoms with Crippen LogP contribution in [0.5, 0.6) is 5.75 Å². The predicted molar refractivity (Wildman–Crippen MR) is 110 cm³/mol. The Labute approximate surface area is 174 Å². The fraction of sp³-hybridized carbons (Fsp3) is 0.381. The summed E-state index contributed by atoms with van der Waals surface area (Å²) in [6.07, 6.45) is 1.56. The number of fused-ring (bicyclic) bond motifs is 1. The fourth-order valence-electron chi connectivity index (χ4n) is 3.00. The lowest BCUT2D eigenvalue weighted by atomic mass is 10.0. The molecule has 2 aliphatic rings. The zero-order valence-corrected chi connectivity index (χ0v) is 17.5. The van der Waals surface area contributed by atoms with Crippen LogP contribution in [0.2, 0.25) is 0 Å². The second-order valence-corrected chi connectivity index (χ2v) is 8.74. The Balaban J connectivity index is 1.66. The Morgan fingerprint density at radius 2 is 2.00 bits per heavy atom. The quantitative estimate of drug-likeness (QED) is 0.566. The first-order valence-corrected chi connectivity index (χ1v) is 10.3. The number of carbonyl (C=O) groups is 3. The molecule has 1 aromatic carbocycles. The number of nitrogens with one attached hydrogen (secondary N) is 1. The summed E-state index contributed by atoms with van der Waals surface area (Å²) in [5.74, 6) is -0.245. The zero-order valence-electron chi connectivity index (χ0n) is 16.6. The van der Waals surface area contributed by atoms with E-state index in [2.05, 4.69) is 11.9 Å². The van der Waals surface area contributed by atoms with Crippen LogP contribution in [0.15, 0.2) is 54.3 Å². The van der Waals surface area contributed by atoms with E-state index in [1.165, 1.54) is 16.7 Å². The van der Waals surface area contributed by atoms with Crippen molar-refractivity contribution in [3.8, 4) is 5.75 Å². The van der Waals surface area contributed by atoms with Gasteiger partial charge in [0.25, 0.3) is 11.8 Å². The van der Waals surface area contributed by atoms with Gasteiger partial charge in [-0.15, -0.1) is 11.8 Å². The minimum Gasteiger partial charge on any atom is -0.484 e. The molecule has 2 heterocycles. The lowest BCUT2D eigenvalue weighted by Gasteiger charge is -2.49. The summed E-state index contributed by atoms with van der Waals surface area (Å²) < 4.78 is 10.9. The largest absolute Gasteiger partial charge is 0.484 e. The molecular formula is C21H24N2O5S. The van der Waals surface area contributed by atoms with Crippen LogP contribution in [0.25, 0.3) is 0 Å². The highest BCUT2D eigenvalue weighted by Crippen LogP contribution is 2.41. The highest BCUT2D eigenvalue weighted by atomic mass is 32.2. The Morgan fingerprint density at radius 3 is 2.62 bits per heavy atom.